The number of carboxylic acids is 1. The lowest BCUT2D eigenvalue weighted by Crippen LogP contribution is -2.46. The van der Waals surface area contributed by atoms with E-state index in [1.165, 1.54) is 12.1 Å². The van der Waals surface area contributed by atoms with E-state index in [1.807, 2.05) is 0 Å². The van der Waals surface area contributed by atoms with E-state index in [0.29, 0.717) is 0 Å². The number of amides is 1. The van der Waals surface area contributed by atoms with Crippen LogP contribution in [0.15, 0.2) is 24.3 Å². The molecule has 1 atom stereocenters. The van der Waals surface area contributed by atoms with Crippen LogP contribution in [0.2, 0.25) is 0 Å². The van der Waals surface area contributed by atoms with Crippen LogP contribution in [0.5, 0.6) is 0 Å². The molecule has 0 aliphatic carbocycles. The first-order valence-electron chi connectivity index (χ1n) is 5.36. The number of hydrogen-bond acceptors (Lipinski definition) is 2. The minimum absolute atomic E-state index is 0.0465. The quantitative estimate of drug-likeness (QED) is 0.884. The highest BCUT2D eigenvalue weighted by Crippen LogP contribution is 2.23. The highest BCUT2D eigenvalue weighted by atomic mass is 19.4. The summed E-state index contributed by atoms with van der Waals surface area (Å²) < 4.78 is 37.6. The lowest BCUT2D eigenvalue weighted by Gasteiger charge is -2.20. The number of alkyl halides is 3. The van der Waals surface area contributed by atoms with Gasteiger partial charge in [0.25, 0.3) is 5.91 Å². The molecule has 0 radical (unpaired) electrons. The van der Waals surface area contributed by atoms with Gasteiger partial charge in [-0.25, -0.2) is 0 Å². The van der Waals surface area contributed by atoms with E-state index < -0.39 is 30.5 Å². The van der Waals surface area contributed by atoms with Crippen molar-refractivity contribution in [3.8, 4) is 0 Å². The van der Waals surface area contributed by atoms with Gasteiger partial charge < -0.3 is 10.4 Å². The van der Waals surface area contributed by atoms with Gasteiger partial charge >= 0.3 is 12.1 Å². The maximum atomic E-state index is 12.5. The van der Waals surface area contributed by atoms with Crippen LogP contribution in [0.25, 0.3) is 0 Å². The van der Waals surface area contributed by atoms with E-state index in [-0.39, 0.29) is 5.56 Å². The van der Waals surface area contributed by atoms with Gasteiger partial charge in [-0.15, -0.1) is 0 Å². The van der Waals surface area contributed by atoms with Crippen LogP contribution in [-0.2, 0) is 4.79 Å². The summed E-state index contributed by atoms with van der Waals surface area (Å²) >= 11 is 0. The Morgan fingerprint density at radius 1 is 1.26 bits per heavy atom. The van der Waals surface area contributed by atoms with Crippen molar-refractivity contribution in [3.05, 3.63) is 35.4 Å². The first-order chi connectivity index (χ1) is 8.70. The number of carboxylic acid groups (broad SMARTS) is 1. The Kier molecular flexibility index (Phi) is 4.52. The molecule has 0 unspecified atom stereocenters. The maximum Gasteiger partial charge on any atom is 0.409 e. The zero-order valence-corrected chi connectivity index (χ0v) is 9.99. The molecule has 0 saturated heterocycles. The molecular weight excluding hydrogens is 263 g/mol. The average molecular weight is 275 g/mol. The number of benzene rings is 1. The number of rotatable bonds is 4. The molecule has 0 bridgehead atoms. The zero-order chi connectivity index (χ0) is 14.6. The largest absolute Gasteiger partial charge is 0.481 e. The molecule has 0 aliphatic heterocycles. The molecular formula is C12H12F3NO3. The molecule has 0 aliphatic rings. The molecule has 1 aromatic rings. The fraction of sp³-hybridized carbons (Fsp3) is 0.333. The third kappa shape index (κ3) is 4.61. The van der Waals surface area contributed by atoms with E-state index in [2.05, 4.69) is 0 Å². The van der Waals surface area contributed by atoms with Crippen molar-refractivity contribution in [3.63, 3.8) is 0 Å². The van der Waals surface area contributed by atoms with Gasteiger partial charge in [-0.2, -0.15) is 13.2 Å². The van der Waals surface area contributed by atoms with Crippen molar-refractivity contribution in [1.82, 2.24) is 5.32 Å². The minimum atomic E-state index is -4.81. The van der Waals surface area contributed by atoms with E-state index in [9.17, 15) is 22.8 Å². The smallest absolute Gasteiger partial charge is 0.409 e. The van der Waals surface area contributed by atoms with E-state index in [0.717, 1.165) is 5.56 Å². The lowest BCUT2D eigenvalue weighted by molar-refractivity contribution is -0.165. The van der Waals surface area contributed by atoms with Gasteiger partial charge in [0.1, 0.15) is 6.04 Å². The third-order valence-corrected chi connectivity index (χ3v) is 2.39. The molecule has 7 heteroatoms. The van der Waals surface area contributed by atoms with Crippen LogP contribution in [0.1, 0.15) is 22.3 Å². The Labute approximate surface area is 107 Å². The summed E-state index contributed by atoms with van der Waals surface area (Å²) in [6, 6.07) is 3.50. The number of halogens is 3. The normalized spacial score (nSPS) is 12.8. The SMILES string of the molecule is Cc1ccc(C(=O)N[C@H](CC(=O)O)C(F)(F)F)cc1. The second kappa shape index (κ2) is 5.73. The van der Waals surface area contributed by atoms with Gasteiger partial charge in [-0.05, 0) is 19.1 Å². The zero-order valence-electron chi connectivity index (χ0n) is 9.99. The predicted octanol–water partition coefficient (Wildman–Crippen LogP) is 2.13. The molecule has 4 nitrogen and oxygen atoms in total. The standard InChI is InChI=1S/C12H12F3NO3/c1-7-2-4-8(5-3-7)11(19)16-9(6-10(17)18)12(13,14)15/h2-5,9H,6H2,1H3,(H,16,19)(H,17,18)/t9-/m1/s1. The Bertz CT molecular complexity index is 468. The molecule has 0 fully saturated rings. The number of hydrogen-bond donors (Lipinski definition) is 2. The Morgan fingerprint density at radius 3 is 2.21 bits per heavy atom. The van der Waals surface area contributed by atoms with E-state index >= 15 is 0 Å². The fourth-order valence-corrected chi connectivity index (χ4v) is 1.37. The lowest BCUT2D eigenvalue weighted by atomic mass is 10.1. The molecule has 0 heterocycles. The topological polar surface area (TPSA) is 66.4 Å². The van der Waals surface area contributed by atoms with Crippen molar-refractivity contribution >= 4 is 11.9 Å². The van der Waals surface area contributed by atoms with Crippen molar-refractivity contribution in [2.24, 2.45) is 0 Å². The predicted molar refractivity (Wildman–Crippen MR) is 60.7 cm³/mol. The van der Waals surface area contributed by atoms with Gasteiger partial charge in [0.05, 0.1) is 6.42 Å². The van der Waals surface area contributed by atoms with Crippen LogP contribution in [0.4, 0.5) is 13.2 Å². The number of aryl methyl sites for hydroxylation is 1. The van der Waals surface area contributed by atoms with Crippen LogP contribution < -0.4 is 5.32 Å². The van der Waals surface area contributed by atoms with Crippen molar-refractivity contribution in [2.45, 2.75) is 25.6 Å². The van der Waals surface area contributed by atoms with Gasteiger partial charge in [-0.1, -0.05) is 17.7 Å². The fourth-order valence-electron chi connectivity index (χ4n) is 1.37. The van der Waals surface area contributed by atoms with Crippen LogP contribution >= 0.6 is 0 Å². The molecule has 1 amide bonds. The second-order valence-electron chi connectivity index (χ2n) is 4.03. The maximum absolute atomic E-state index is 12.5. The summed E-state index contributed by atoms with van der Waals surface area (Å²) in [5.74, 6) is -2.59. The monoisotopic (exact) mass is 275 g/mol. The number of nitrogens with one attached hydrogen (secondary N) is 1. The Balaban J connectivity index is 2.81. The van der Waals surface area contributed by atoms with Gasteiger partial charge in [-0.3, -0.25) is 9.59 Å². The first kappa shape index (κ1) is 15.0. The molecule has 0 spiro atoms. The average Bonchev–Trinajstić information content (AvgIpc) is 2.27. The van der Waals surface area contributed by atoms with E-state index in [4.69, 9.17) is 5.11 Å². The summed E-state index contributed by atoms with van der Waals surface area (Å²) in [4.78, 5) is 22.0. The summed E-state index contributed by atoms with van der Waals surface area (Å²) in [5.41, 5.74) is 0.902. The summed E-state index contributed by atoms with van der Waals surface area (Å²) in [6.45, 7) is 1.77. The molecule has 1 aromatic carbocycles. The summed E-state index contributed by atoms with van der Waals surface area (Å²) in [7, 11) is 0. The number of carbonyl (C=O) groups is 2. The van der Waals surface area contributed by atoms with Gasteiger partial charge in [0.2, 0.25) is 0 Å². The van der Waals surface area contributed by atoms with Crippen LogP contribution in [0, 0.1) is 6.92 Å². The van der Waals surface area contributed by atoms with Crippen molar-refractivity contribution < 1.29 is 27.9 Å². The number of carbonyl (C=O) groups excluding carboxylic acids is 1. The van der Waals surface area contributed by atoms with Gasteiger partial charge in [0.15, 0.2) is 0 Å². The highest BCUT2D eigenvalue weighted by Gasteiger charge is 2.42. The Hall–Kier alpha value is -2.05. The van der Waals surface area contributed by atoms with E-state index in [1.54, 1.807) is 24.4 Å². The highest BCUT2D eigenvalue weighted by molar-refractivity contribution is 5.94. The first-order valence-corrected chi connectivity index (χ1v) is 5.36. The van der Waals surface area contributed by atoms with Gasteiger partial charge in [0, 0.05) is 5.56 Å². The summed E-state index contributed by atoms with van der Waals surface area (Å²) in [5, 5.41) is 10.1. The molecule has 0 aromatic heterocycles. The van der Waals surface area contributed by atoms with Crippen LogP contribution in [0.3, 0.4) is 0 Å². The molecule has 2 N–H and O–H groups in total. The third-order valence-electron chi connectivity index (χ3n) is 2.39. The molecule has 1 rings (SSSR count). The number of aliphatic carboxylic acids is 1. The minimum Gasteiger partial charge on any atom is -0.481 e. The molecule has 19 heavy (non-hydrogen) atoms. The molecule has 0 saturated carbocycles. The van der Waals surface area contributed by atoms with Crippen molar-refractivity contribution in [2.75, 3.05) is 0 Å². The Morgan fingerprint density at radius 2 is 1.79 bits per heavy atom. The van der Waals surface area contributed by atoms with Crippen LogP contribution in [-0.4, -0.2) is 29.2 Å². The molecule has 104 valence electrons. The summed E-state index contributed by atoms with van der Waals surface area (Å²) in [6.07, 6.45) is -6.01. The van der Waals surface area contributed by atoms with Crippen molar-refractivity contribution in [1.29, 1.82) is 0 Å². The second-order valence-corrected chi connectivity index (χ2v) is 4.03.